The summed E-state index contributed by atoms with van der Waals surface area (Å²) in [7, 11) is -12.9. The first kappa shape index (κ1) is 19.1. The van der Waals surface area contributed by atoms with E-state index in [-0.39, 0.29) is 21.2 Å². The van der Waals surface area contributed by atoms with Crippen LogP contribution in [0.15, 0.2) is 58.3 Å². The van der Waals surface area contributed by atoms with Crippen molar-refractivity contribution in [3.8, 4) is 0 Å². The molecule has 0 aromatic heterocycles. The average molecular weight is 408 g/mol. The van der Waals surface area contributed by atoms with Crippen molar-refractivity contribution in [2.24, 2.45) is 0 Å². The summed E-state index contributed by atoms with van der Waals surface area (Å²) in [5, 5.41) is 0. The van der Waals surface area contributed by atoms with E-state index in [9.17, 15) is 25.3 Å². The van der Waals surface area contributed by atoms with E-state index in [1.807, 2.05) is 0 Å². The first-order valence-corrected chi connectivity index (χ1v) is 10.7. The summed E-state index contributed by atoms with van der Waals surface area (Å²) in [4.78, 5) is -0.298. The van der Waals surface area contributed by atoms with Crippen LogP contribution in [0.5, 0.6) is 0 Å². The number of nitrogens with one attached hydrogen (secondary N) is 2. The number of anilines is 2. The van der Waals surface area contributed by atoms with E-state index in [2.05, 4.69) is 0 Å². The molecule has 0 aliphatic rings. The lowest BCUT2D eigenvalue weighted by Crippen LogP contribution is -2.11. The normalized spacial score (nSPS) is 12.6. The lowest BCUT2D eigenvalue weighted by atomic mass is 10.3. The van der Waals surface area contributed by atoms with Crippen molar-refractivity contribution >= 4 is 41.8 Å². The van der Waals surface area contributed by atoms with Gasteiger partial charge in [0.05, 0.1) is 21.2 Å². The van der Waals surface area contributed by atoms with Crippen LogP contribution in [0, 0.1) is 0 Å². The van der Waals surface area contributed by atoms with E-state index in [0.29, 0.717) is 0 Å². The molecular formula is C12H12N2O8S3. The largest absolute Gasteiger partial charge is 0.357 e. The van der Waals surface area contributed by atoms with Gasteiger partial charge in [-0.2, -0.15) is 16.8 Å². The smallest absolute Gasteiger partial charge is 0.269 e. The zero-order chi connectivity index (χ0) is 18.9. The standard InChI is InChI=1S/C12H12N2O8S3/c15-23(16,11-5-1-9(2-6-11)13-24(17,18)19)12-7-3-10(4-8-12)14-25(20,21)22/h1-8,13-14H,(H,17,18,19)(H,20,21,22). The Labute approximate surface area is 144 Å². The molecular weight excluding hydrogens is 396 g/mol. The molecule has 2 aromatic rings. The van der Waals surface area contributed by atoms with Crippen LogP contribution < -0.4 is 9.44 Å². The first-order valence-electron chi connectivity index (χ1n) is 6.32. The van der Waals surface area contributed by atoms with Gasteiger partial charge in [0.25, 0.3) is 0 Å². The molecule has 0 fully saturated rings. The fourth-order valence-electron chi connectivity index (χ4n) is 1.84. The van der Waals surface area contributed by atoms with E-state index >= 15 is 0 Å². The van der Waals surface area contributed by atoms with E-state index in [1.54, 1.807) is 9.44 Å². The molecule has 25 heavy (non-hydrogen) atoms. The number of sulfone groups is 1. The third kappa shape index (κ3) is 5.40. The van der Waals surface area contributed by atoms with Gasteiger partial charge < -0.3 is 0 Å². The number of rotatable bonds is 6. The molecule has 4 N–H and O–H groups in total. The summed E-state index contributed by atoms with van der Waals surface area (Å²) in [6, 6.07) is 9.12. The Morgan fingerprint density at radius 2 is 0.840 bits per heavy atom. The van der Waals surface area contributed by atoms with Crippen LogP contribution in [0.4, 0.5) is 11.4 Å². The Bertz CT molecular complexity index is 991. The van der Waals surface area contributed by atoms with Gasteiger partial charge in [0.1, 0.15) is 0 Å². The SMILES string of the molecule is O=S(=O)(O)Nc1ccc(S(=O)(=O)c2ccc(NS(=O)(=O)O)cc2)cc1. The molecule has 2 aromatic carbocycles. The van der Waals surface area contributed by atoms with Gasteiger partial charge in [0, 0.05) is 0 Å². The Hall–Kier alpha value is -2.19. The quantitative estimate of drug-likeness (QED) is 0.512. The molecule has 0 unspecified atom stereocenters. The Balaban J connectivity index is 2.29. The van der Waals surface area contributed by atoms with Crippen LogP contribution in [-0.4, -0.2) is 34.4 Å². The van der Waals surface area contributed by atoms with Gasteiger partial charge in [0.2, 0.25) is 9.84 Å². The first-order chi connectivity index (χ1) is 11.4. The summed E-state index contributed by atoms with van der Waals surface area (Å²) in [5.74, 6) is 0. The van der Waals surface area contributed by atoms with Crippen LogP contribution >= 0.6 is 0 Å². The minimum atomic E-state index is -4.47. The molecule has 0 heterocycles. The van der Waals surface area contributed by atoms with Gasteiger partial charge in [-0.05, 0) is 48.5 Å². The Morgan fingerprint density at radius 3 is 1.08 bits per heavy atom. The van der Waals surface area contributed by atoms with Crippen LogP contribution in [0.1, 0.15) is 0 Å². The van der Waals surface area contributed by atoms with Crippen molar-refractivity contribution in [1.82, 2.24) is 0 Å². The van der Waals surface area contributed by atoms with Crippen molar-refractivity contribution in [3.63, 3.8) is 0 Å². The maximum Gasteiger partial charge on any atom is 0.357 e. The number of hydrogen-bond acceptors (Lipinski definition) is 6. The van der Waals surface area contributed by atoms with Crippen molar-refractivity contribution in [3.05, 3.63) is 48.5 Å². The molecule has 0 spiro atoms. The lowest BCUT2D eigenvalue weighted by molar-refractivity contribution is 0.487. The highest BCUT2D eigenvalue weighted by atomic mass is 32.2. The summed E-state index contributed by atoms with van der Waals surface area (Å²) >= 11 is 0. The molecule has 2 rings (SSSR count). The topological polar surface area (TPSA) is 167 Å². The maximum absolute atomic E-state index is 12.5. The van der Waals surface area contributed by atoms with Gasteiger partial charge in [0.15, 0.2) is 0 Å². The van der Waals surface area contributed by atoms with Gasteiger partial charge in [-0.15, -0.1) is 0 Å². The molecule has 0 amide bonds. The third-order valence-electron chi connectivity index (χ3n) is 2.82. The van der Waals surface area contributed by atoms with Crippen molar-refractivity contribution in [1.29, 1.82) is 0 Å². The second-order valence-electron chi connectivity index (χ2n) is 4.71. The molecule has 0 aliphatic carbocycles. The fourth-order valence-corrected chi connectivity index (χ4v) is 3.97. The van der Waals surface area contributed by atoms with Crippen LogP contribution in [0.3, 0.4) is 0 Å². The fraction of sp³-hybridized carbons (Fsp3) is 0. The van der Waals surface area contributed by atoms with Crippen molar-refractivity contribution in [2.45, 2.75) is 9.79 Å². The Morgan fingerprint density at radius 1 is 0.560 bits per heavy atom. The summed E-state index contributed by atoms with van der Waals surface area (Å²) in [6.45, 7) is 0. The minimum absolute atomic E-state index is 0.0332. The highest BCUT2D eigenvalue weighted by molar-refractivity contribution is 7.91. The summed E-state index contributed by atoms with van der Waals surface area (Å²) < 4.78 is 88.5. The summed E-state index contributed by atoms with van der Waals surface area (Å²) in [5.41, 5.74) is -0.0664. The van der Waals surface area contributed by atoms with E-state index in [1.165, 1.54) is 0 Å². The number of hydrogen-bond donors (Lipinski definition) is 4. The molecule has 0 saturated carbocycles. The Kier molecular flexibility index (Phi) is 5.06. The maximum atomic E-state index is 12.5. The predicted octanol–water partition coefficient (Wildman–Crippen LogP) is 0.949. The van der Waals surface area contributed by atoms with Gasteiger partial charge in [-0.3, -0.25) is 18.5 Å². The molecule has 0 atom stereocenters. The minimum Gasteiger partial charge on any atom is -0.269 e. The molecule has 0 radical (unpaired) electrons. The second kappa shape index (κ2) is 6.61. The second-order valence-corrected chi connectivity index (χ2v) is 8.96. The zero-order valence-corrected chi connectivity index (χ0v) is 14.6. The highest BCUT2D eigenvalue weighted by Gasteiger charge is 2.18. The predicted molar refractivity (Wildman–Crippen MR) is 88.7 cm³/mol. The molecule has 0 saturated heterocycles. The highest BCUT2D eigenvalue weighted by Crippen LogP contribution is 2.24. The van der Waals surface area contributed by atoms with Crippen LogP contribution in [0.2, 0.25) is 0 Å². The van der Waals surface area contributed by atoms with E-state index in [4.69, 9.17) is 9.11 Å². The molecule has 136 valence electrons. The van der Waals surface area contributed by atoms with Gasteiger partial charge in [-0.1, -0.05) is 0 Å². The van der Waals surface area contributed by atoms with Gasteiger partial charge >= 0.3 is 20.6 Å². The van der Waals surface area contributed by atoms with Gasteiger partial charge in [-0.25, -0.2) is 8.42 Å². The summed E-state index contributed by atoms with van der Waals surface area (Å²) in [6.07, 6.45) is 0. The molecule has 0 aliphatic heterocycles. The molecule has 0 bridgehead atoms. The monoisotopic (exact) mass is 408 g/mol. The van der Waals surface area contributed by atoms with Crippen molar-refractivity contribution in [2.75, 3.05) is 9.44 Å². The average Bonchev–Trinajstić information content (AvgIpc) is 2.45. The van der Waals surface area contributed by atoms with Crippen LogP contribution in [0.25, 0.3) is 0 Å². The molecule has 13 heteroatoms. The zero-order valence-electron chi connectivity index (χ0n) is 12.2. The van der Waals surface area contributed by atoms with Crippen molar-refractivity contribution < 1.29 is 34.4 Å². The number of benzene rings is 2. The van der Waals surface area contributed by atoms with E-state index < -0.39 is 30.4 Å². The lowest BCUT2D eigenvalue weighted by Gasteiger charge is -2.08. The third-order valence-corrected chi connectivity index (χ3v) is 5.60. The van der Waals surface area contributed by atoms with E-state index in [0.717, 1.165) is 48.5 Å². The van der Waals surface area contributed by atoms with Crippen LogP contribution in [-0.2, 0) is 30.4 Å². The molecule has 10 nitrogen and oxygen atoms in total.